The molecule has 0 aliphatic carbocycles. The topological polar surface area (TPSA) is 43.8 Å². The van der Waals surface area contributed by atoms with Crippen LogP contribution in [-0.2, 0) is 0 Å². The highest BCUT2D eigenvalue weighted by Gasteiger charge is 2.36. The number of hydrogen-bond donors (Lipinski definition) is 1. The Morgan fingerprint density at radius 2 is 2.15 bits per heavy atom. The zero-order valence-electron chi connectivity index (χ0n) is 12.5. The number of carbonyl (C=O) groups is 1. The van der Waals surface area contributed by atoms with Gasteiger partial charge in [0.15, 0.2) is 0 Å². The molecule has 2 rings (SSSR count). The standard InChI is InChI=1S/C16H24N2O2/c1-4-6-13-10-18(11-15(13)17(2)3)16(20)12-7-5-8-14(19)9-12/h5,7-9,13,15,19H,4,6,10-11H2,1-3H3/t13-,15-/m1/s1. The largest absolute Gasteiger partial charge is 0.508 e. The van der Waals surface area contributed by atoms with Crippen molar-refractivity contribution in [3.63, 3.8) is 0 Å². The number of rotatable bonds is 4. The molecule has 0 spiro atoms. The van der Waals surface area contributed by atoms with Crippen LogP contribution in [0.4, 0.5) is 0 Å². The number of likely N-dealkylation sites (N-methyl/N-ethyl adjacent to an activating group) is 1. The maximum atomic E-state index is 12.5. The lowest BCUT2D eigenvalue weighted by Gasteiger charge is -2.24. The number of aromatic hydroxyl groups is 1. The Kier molecular flexibility index (Phi) is 4.65. The minimum atomic E-state index is 0.0198. The monoisotopic (exact) mass is 276 g/mol. The SMILES string of the molecule is CCC[C@@H]1CN(C(=O)c2cccc(O)c2)C[C@H]1N(C)C. The van der Waals surface area contributed by atoms with Crippen LogP contribution in [0.1, 0.15) is 30.1 Å². The van der Waals surface area contributed by atoms with Crippen molar-refractivity contribution in [3.05, 3.63) is 29.8 Å². The number of phenolic OH excluding ortho intramolecular Hbond substituents is 1. The lowest BCUT2D eigenvalue weighted by Crippen LogP contribution is -2.36. The summed E-state index contributed by atoms with van der Waals surface area (Å²) in [5, 5.41) is 9.50. The molecule has 1 saturated heterocycles. The molecule has 0 aromatic heterocycles. The summed E-state index contributed by atoms with van der Waals surface area (Å²) in [6, 6.07) is 7.03. The molecular weight excluding hydrogens is 252 g/mol. The Hall–Kier alpha value is -1.55. The van der Waals surface area contributed by atoms with Crippen LogP contribution in [0.2, 0.25) is 0 Å². The van der Waals surface area contributed by atoms with Gasteiger partial charge >= 0.3 is 0 Å². The molecule has 0 bridgehead atoms. The van der Waals surface area contributed by atoms with E-state index in [1.807, 2.05) is 4.90 Å². The van der Waals surface area contributed by atoms with Crippen molar-refractivity contribution >= 4 is 5.91 Å². The van der Waals surface area contributed by atoms with Crippen LogP contribution < -0.4 is 0 Å². The van der Waals surface area contributed by atoms with E-state index >= 15 is 0 Å². The first-order valence-corrected chi connectivity index (χ1v) is 7.27. The van der Waals surface area contributed by atoms with Gasteiger partial charge in [0.1, 0.15) is 5.75 Å². The average molecular weight is 276 g/mol. The zero-order valence-corrected chi connectivity index (χ0v) is 12.5. The van der Waals surface area contributed by atoms with Crippen molar-refractivity contribution in [2.24, 2.45) is 5.92 Å². The minimum absolute atomic E-state index is 0.0198. The fourth-order valence-electron chi connectivity index (χ4n) is 3.08. The fraction of sp³-hybridized carbons (Fsp3) is 0.562. The Morgan fingerprint density at radius 3 is 2.75 bits per heavy atom. The van der Waals surface area contributed by atoms with Crippen LogP contribution >= 0.6 is 0 Å². The third-order valence-electron chi connectivity index (χ3n) is 4.11. The number of amides is 1. The molecule has 4 nitrogen and oxygen atoms in total. The van der Waals surface area contributed by atoms with Gasteiger partial charge < -0.3 is 14.9 Å². The average Bonchev–Trinajstić information content (AvgIpc) is 2.82. The summed E-state index contributed by atoms with van der Waals surface area (Å²) in [5.41, 5.74) is 0.569. The first-order chi connectivity index (χ1) is 9.52. The van der Waals surface area contributed by atoms with Crippen molar-refractivity contribution in [1.82, 2.24) is 9.80 Å². The van der Waals surface area contributed by atoms with Gasteiger partial charge in [-0.3, -0.25) is 4.79 Å². The fourth-order valence-corrected chi connectivity index (χ4v) is 3.08. The number of phenols is 1. The molecule has 110 valence electrons. The Morgan fingerprint density at radius 1 is 1.40 bits per heavy atom. The molecular formula is C16H24N2O2. The first-order valence-electron chi connectivity index (χ1n) is 7.27. The van der Waals surface area contributed by atoms with Crippen LogP contribution in [0, 0.1) is 5.92 Å². The van der Waals surface area contributed by atoms with Crippen molar-refractivity contribution in [2.75, 3.05) is 27.2 Å². The number of hydrogen-bond acceptors (Lipinski definition) is 3. The second kappa shape index (κ2) is 6.27. The maximum Gasteiger partial charge on any atom is 0.254 e. The lowest BCUT2D eigenvalue weighted by atomic mass is 9.98. The van der Waals surface area contributed by atoms with Gasteiger partial charge in [0.25, 0.3) is 5.91 Å². The number of carbonyl (C=O) groups excluding carboxylic acids is 1. The molecule has 1 heterocycles. The van der Waals surface area contributed by atoms with E-state index < -0.39 is 0 Å². The Balaban J connectivity index is 2.12. The molecule has 0 saturated carbocycles. The second-order valence-corrected chi connectivity index (χ2v) is 5.84. The summed E-state index contributed by atoms with van der Waals surface area (Å²) < 4.78 is 0. The van der Waals surface area contributed by atoms with E-state index in [1.165, 1.54) is 0 Å². The van der Waals surface area contributed by atoms with Crippen LogP contribution in [-0.4, -0.2) is 54.0 Å². The molecule has 1 aromatic carbocycles. The smallest absolute Gasteiger partial charge is 0.254 e. The van der Waals surface area contributed by atoms with E-state index in [0.717, 1.165) is 25.9 Å². The van der Waals surface area contributed by atoms with E-state index in [9.17, 15) is 9.90 Å². The highest BCUT2D eigenvalue weighted by molar-refractivity contribution is 5.94. The van der Waals surface area contributed by atoms with Crippen LogP contribution in [0.3, 0.4) is 0 Å². The van der Waals surface area contributed by atoms with Crippen molar-refractivity contribution in [1.29, 1.82) is 0 Å². The van der Waals surface area contributed by atoms with E-state index in [1.54, 1.807) is 24.3 Å². The summed E-state index contributed by atoms with van der Waals surface area (Å²) in [5.74, 6) is 0.701. The van der Waals surface area contributed by atoms with Gasteiger partial charge in [-0.05, 0) is 44.6 Å². The predicted molar refractivity (Wildman–Crippen MR) is 79.9 cm³/mol. The van der Waals surface area contributed by atoms with Crippen molar-refractivity contribution in [2.45, 2.75) is 25.8 Å². The maximum absolute atomic E-state index is 12.5. The molecule has 4 heteroatoms. The summed E-state index contributed by atoms with van der Waals surface area (Å²) in [7, 11) is 4.16. The molecule has 20 heavy (non-hydrogen) atoms. The lowest BCUT2D eigenvalue weighted by molar-refractivity contribution is 0.0780. The van der Waals surface area contributed by atoms with Crippen LogP contribution in [0.5, 0.6) is 5.75 Å². The molecule has 0 radical (unpaired) electrons. The number of benzene rings is 1. The molecule has 1 aromatic rings. The summed E-state index contributed by atoms with van der Waals surface area (Å²) in [6.45, 7) is 3.77. The van der Waals surface area contributed by atoms with E-state index in [0.29, 0.717) is 17.5 Å². The molecule has 1 aliphatic rings. The molecule has 0 unspecified atom stereocenters. The normalized spacial score (nSPS) is 22.5. The van der Waals surface area contributed by atoms with E-state index in [4.69, 9.17) is 0 Å². The van der Waals surface area contributed by atoms with Crippen molar-refractivity contribution in [3.8, 4) is 5.75 Å². The van der Waals surface area contributed by atoms with Gasteiger partial charge in [0, 0.05) is 24.7 Å². The van der Waals surface area contributed by atoms with E-state index in [-0.39, 0.29) is 11.7 Å². The Bertz CT molecular complexity index is 473. The van der Waals surface area contributed by atoms with Gasteiger partial charge in [-0.1, -0.05) is 19.4 Å². The quantitative estimate of drug-likeness (QED) is 0.917. The van der Waals surface area contributed by atoms with Gasteiger partial charge in [-0.15, -0.1) is 0 Å². The van der Waals surface area contributed by atoms with Crippen LogP contribution in [0.15, 0.2) is 24.3 Å². The molecule has 1 aliphatic heterocycles. The molecule has 2 atom stereocenters. The van der Waals surface area contributed by atoms with Crippen molar-refractivity contribution < 1.29 is 9.90 Å². The van der Waals surface area contributed by atoms with Crippen LogP contribution in [0.25, 0.3) is 0 Å². The summed E-state index contributed by atoms with van der Waals surface area (Å²) >= 11 is 0. The first kappa shape index (κ1) is 14.9. The van der Waals surface area contributed by atoms with Gasteiger partial charge in [-0.25, -0.2) is 0 Å². The predicted octanol–water partition coefficient (Wildman–Crippen LogP) is 2.19. The molecule has 1 fully saturated rings. The molecule has 1 amide bonds. The summed E-state index contributed by atoms with van der Waals surface area (Å²) in [4.78, 5) is 16.6. The third-order valence-corrected chi connectivity index (χ3v) is 4.11. The van der Waals surface area contributed by atoms with Gasteiger partial charge in [-0.2, -0.15) is 0 Å². The highest BCUT2D eigenvalue weighted by Crippen LogP contribution is 2.26. The minimum Gasteiger partial charge on any atom is -0.508 e. The van der Waals surface area contributed by atoms with Gasteiger partial charge in [0.05, 0.1) is 0 Å². The zero-order chi connectivity index (χ0) is 14.7. The highest BCUT2D eigenvalue weighted by atomic mass is 16.3. The number of likely N-dealkylation sites (tertiary alicyclic amines) is 1. The number of nitrogens with zero attached hydrogens (tertiary/aromatic N) is 2. The van der Waals surface area contributed by atoms with E-state index in [2.05, 4.69) is 25.9 Å². The van der Waals surface area contributed by atoms with Gasteiger partial charge in [0.2, 0.25) is 0 Å². The summed E-state index contributed by atoms with van der Waals surface area (Å²) in [6.07, 6.45) is 2.29. The second-order valence-electron chi connectivity index (χ2n) is 5.84. The Labute approximate surface area is 121 Å². The third kappa shape index (κ3) is 3.12. The molecule has 1 N–H and O–H groups in total.